The number of carbonyl (C=O) groups is 4. The lowest BCUT2D eigenvalue weighted by Gasteiger charge is -2.23. The highest BCUT2D eigenvalue weighted by Gasteiger charge is 2.43. The van der Waals surface area contributed by atoms with E-state index in [-0.39, 0.29) is 26.0 Å². The first-order valence-corrected chi connectivity index (χ1v) is 7.68. The van der Waals surface area contributed by atoms with E-state index < -0.39 is 29.2 Å². The van der Waals surface area contributed by atoms with Crippen molar-refractivity contribution in [3.8, 4) is 0 Å². The van der Waals surface area contributed by atoms with E-state index in [9.17, 15) is 24.3 Å². The summed E-state index contributed by atoms with van der Waals surface area (Å²) >= 11 is 0. The molecule has 0 aliphatic carbocycles. The number of carboxylic acids is 1. The van der Waals surface area contributed by atoms with Crippen LogP contribution in [0, 0.1) is 5.41 Å². The molecule has 0 saturated carbocycles. The number of esters is 1. The fourth-order valence-corrected chi connectivity index (χ4v) is 2.62. The Bertz CT molecular complexity index is 663. The second kappa shape index (κ2) is 6.82. The monoisotopic (exact) mass is 333 g/mol. The van der Waals surface area contributed by atoms with Crippen molar-refractivity contribution in [3.63, 3.8) is 0 Å². The van der Waals surface area contributed by atoms with Crippen LogP contribution >= 0.6 is 0 Å². The van der Waals surface area contributed by atoms with E-state index in [0.717, 1.165) is 4.90 Å². The smallest absolute Gasteiger partial charge is 0.323 e. The van der Waals surface area contributed by atoms with Crippen LogP contribution in [0.4, 0.5) is 0 Å². The average molecular weight is 333 g/mol. The van der Waals surface area contributed by atoms with E-state index in [4.69, 9.17) is 4.74 Å². The Hall–Kier alpha value is -2.70. The molecule has 0 aromatic heterocycles. The zero-order valence-corrected chi connectivity index (χ0v) is 13.6. The van der Waals surface area contributed by atoms with E-state index in [0.29, 0.717) is 11.1 Å². The number of rotatable bonds is 7. The molecular weight excluding hydrogens is 314 g/mol. The molecule has 0 saturated heterocycles. The summed E-state index contributed by atoms with van der Waals surface area (Å²) in [5, 5.41) is 9.32. The number of hydrogen-bond donors (Lipinski definition) is 1. The van der Waals surface area contributed by atoms with Crippen LogP contribution in [0.3, 0.4) is 0 Å². The average Bonchev–Trinajstić information content (AvgIpc) is 2.80. The summed E-state index contributed by atoms with van der Waals surface area (Å²) in [6.45, 7) is 3.02. The molecule has 1 N–H and O–H groups in total. The van der Waals surface area contributed by atoms with Crippen molar-refractivity contribution in [3.05, 3.63) is 35.4 Å². The van der Waals surface area contributed by atoms with Gasteiger partial charge in [-0.3, -0.25) is 24.1 Å². The van der Waals surface area contributed by atoms with E-state index in [1.54, 1.807) is 31.2 Å². The molecule has 0 spiro atoms. The predicted octanol–water partition coefficient (Wildman–Crippen LogP) is 1.72. The number of carboxylic acid groups (broad SMARTS) is 1. The van der Waals surface area contributed by atoms with E-state index in [1.807, 2.05) is 0 Å². The van der Waals surface area contributed by atoms with Crippen LogP contribution in [-0.4, -0.2) is 46.9 Å². The van der Waals surface area contributed by atoms with Crippen LogP contribution in [0.1, 0.15) is 47.4 Å². The van der Waals surface area contributed by atoms with Crippen molar-refractivity contribution >= 4 is 23.8 Å². The number of hydrogen-bond acceptors (Lipinski definition) is 5. The lowest BCUT2D eigenvalue weighted by atomic mass is 9.85. The Kier molecular flexibility index (Phi) is 5.02. The summed E-state index contributed by atoms with van der Waals surface area (Å²) in [5.74, 6) is -2.91. The third-order valence-electron chi connectivity index (χ3n) is 4.13. The first-order valence-electron chi connectivity index (χ1n) is 7.68. The van der Waals surface area contributed by atoms with Crippen LogP contribution in [0.15, 0.2) is 24.3 Å². The number of carbonyl (C=O) groups excluding carboxylic acids is 3. The molecule has 24 heavy (non-hydrogen) atoms. The van der Waals surface area contributed by atoms with Gasteiger partial charge < -0.3 is 9.84 Å². The topological polar surface area (TPSA) is 101 Å². The molecule has 1 aromatic carbocycles. The molecule has 1 atom stereocenters. The van der Waals surface area contributed by atoms with Gasteiger partial charge in [-0.05, 0) is 38.8 Å². The molecular formula is C17H19NO6. The van der Waals surface area contributed by atoms with Crippen molar-refractivity contribution in [2.24, 2.45) is 5.41 Å². The summed E-state index contributed by atoms with van der Waals surface area (Å²) in [6, 6.07) is 6.51. The number of ether oxygens (including phenoxy) is 1. The summed E-state index contributed by atoms with van der Waals surface area (Å²) in [4.78, 5) is 48.9. The quantitative estimate of drug-likeness (QED) is 0.463. The number of fused-ring (bicyclic) bond motifs is 1. The number of nitrogens with zero attached hydrogens (tertiary/aromatic N) is 1. The highest BCUT2D eigenvalue weighted by atomic mass is 16.5. The maximum Gasteiger partial charge on any atom is 0.323 e. The normalized spacial score (nSPS) is 15.8. The molecule has 7 nitrogen and oxygen atoms in total. The number of aliphatic carboxylic acids is 1. The Labute approximate surface area is 139 Å². The maximum absolute atomic E-state index is 12.2. The minimum Gasteiger partial charge on any atom is -0.480 e. The number of benzene rings is 1. The molecule has 0 fully saturated rings. The molecule has 2 amide bonds. The fourth-order valence-electron chi connectivity index (χ4n) is 2.62. The summed E-state index contributed by atoms with van der Waals surface area (Å²) in [7, 11) is 0. The summed E-state index contributed by atoms with van der Waals surface area (Å²) in [5.41, 5.74) is -1.02. The van der Waals surface area contributed by atoms with Crippen LogP contribution in [0.25, 0.3) is 0 Å². The van der Waals surface area contributed by atoms with Gasteiger partial charge in [0.1, 0.15) is 0 Å². The molecule has 1 aliphatic rings. The number of imide groups is 1. The fraction of sp³-hybridized carbons (Fsp3) is 0.412. The predicted molar refractivity (Wildman–Crippen MR) is 83.4 cm³/mol. The van der Waals surface area contributed by atoms with Crippen LogP contribution < -0.4 is 0 Å². The zero-order chi connectivity index (χ0) is 17.9. The van der Waals surface area contributed by atoms with Gasteiger partial charge in [0.2, 0.25) is 0 Å². The van der Waals surface area contributed by atoms with Gasteiger partial charge in [-0.2, -0.15) is 0 Å². The number of amides is 2. The van der Waals surface area contributed by atoms with Crippen molar-refractivity contribution in [2.75, 3.05) is 13.2 Å². The summed E-state index contributed by atoms with van der Waals surface area (Å²) in [6.07, 6.45) is 0.154. The maximum atomic E-state index is 12.2. The molecule has 2 rings (SSSR count). The molecule has 1 heterocycles. The van der Waals surface area contributed by atoms with Gasteiger partial charge in [-0.15, -0.1) is 0 Å². The first kappa shape index (κ1) is 17.7. The lowest BCUT2D eigenvalue weighted by molar-refractivity contribution is -0.167. The van der Waals surface area contributed by atoms with Crippen molar-refractivity contribution < 1.29 is 29.0 Å². The highest BCUT2D eigenvalue weighted by Crippen LogP contribution is 2.28. The van der Waals surface area contributed by atoms with Gasteiger partial charge in [0, 0.05) is 6.54 Å². The van der Waals surface area contributed by atoms with Crippen LogP contribution in [0.5, 0.6) is 0 Å². The van der Waals surface area contributed by atoms with E-state index >= 15 is 0 Å². The molecule has 128 valence electrons. The van der Waals surface area contributed by atoms with Gasteiger partial charge in [0.15, 0.2) is 5.41 Å². The highest BCUT2D eigenvalue weighted by molar-refractivity contribution is 6.21. The SMILES string of the molecule is CCOC(=O)[C@](C)(CCCN1C(=O)c2ccccc2C1=O)C(=O)O. The minimum absolute atomic E-state index is 0.0332. The summed E-state index contributed by atoms with van der Waals surface area (Å²) < 4.78 is 4.82. The Morgan fingerprint density at radius 2 is 1.71 bits per heavy atom. The van der Waals surface area contributed by atoms with Gasteiger partial charge >= 0.3 is 11.9 Å². The largest absolute Gasteiger partial charge is 0.480 e. The van der Waals surface area contributed by atoms with Gasteiger partial charge in [0.05, 0.1) is 17.7 Å². The lowest BCUT2D eigenvalue weighted by Crippen LogP contribution is -2.39. The molecule has 1 aliphatic heterocycles. The molecule has 0 unspecified atom stereocenters. The second-order valence-electron chi connectivity index (χ2n) is 5.77. The molecule has 0 radical (unpaired) electrons. The van der Waals surface area contributed by atoms with Gasteiger partial charge in [-0.1, -0.05) is 12.1 Å². The van der Waals surface area contributed by atoms with Crippen LogP contribution in [-0.2, 0) is 14.3 Å². The minimum atomic E-state index is -1.70. The Morgan fingerprint density at radius 3 is 2.17 bits per heavy atom. The van der Waals surface area contributed by atoms with E-state index in [1.165, 1.54) is 6.92 Å². The third kappa shape index (κ3) is 3.02. The Balaban J connectivity index is 2.04. The van der Waals surface area contributed by atoms with Crippen LogP contribution in [0.2, 0.25) is 0 Å². The molecule has 7 heteroatoms. The van der Waals surface area contributed by atoms with Gasteiger partial charge in [-0.25, -0.2) is 0 Å². The van der Waals surface area contributed by atoms with Gasteiger partial charge in [0.25, 0.3) is 11.8 Å². The Morgan fingerprint density at radius 1 is 1.17 bits per heavy atom. The van der Waals surface area contributed by atoms with Crippen molar-refractivity contribution in [1.82, 2.24) is 4.90 Å². The second-order valence-corrected chi connectivity index (χ2v) is 5.77. The van der Waals surface area contributed by atoms with Crippen molar-refractivity contribution in [1.29, 1.82) is 0 Å². The first-order chi connectivity index (χ1) is 11.3. The molecule has 1 aromatic rings. The van der Waals surface area contributed by atoms with E-state index in [2.05, 4.69) is 0 Å². The molecule has 0 bridgehead atoms. The third-order valence-corrected chi connectivity index (χ3v) is 4.13. The standard InChI is InChI=1S/C17H19NO6/c1-3-24-16(23)17(2,15(21)22)9-6-10-18-13(19)11-7-4-5-8-12(11)14(18)20/h4-5,7-8H,3,6,9-10H2,1-2H3,(H,21,22)/t17-/m1/s1. The van der Waals surface area contributed by atoms with Crippen molar-refractivity contribution in [2.45, 2.75) is 26.7 Å². The zero-order valence-electron chi connectivity index (χ0n) is 13.6.